The van der Waals surface area contributed by atoms with Crippen molar-refractivity contribution >= 4 is 28.9 Å². The predicted molar refractivity (Wildman–Crippen MR) is 123 cm³/mol. The third-order valence-electron chi connectivity index (χ3n) is 5.01. The van der Waals surface area contributed by atoms with Crippen molar-refractivity contribution in [1.82, 2.24) is 0 Å². The van der Waals surface area contributed by atoms with E-state index in [1.807, 2.05) is 85.8 Å². The standard InChI is InChI=1S/C26H25NO4/c1-3-30-25-18-19(13-14-24(25)31-16-15-29-2)17-22-21-11-7-8-12-23(21)27(26(22)28)20-9-5-4-6-10-20/h4-14,17-18H,3,15-16H2,1-2H3/b22-17+. The van der Waals surface area contributed by atoms with E-state index in [2.05, 4.69) is 0 Å². The lowest BCUT2D eigenvalue weighted by molar-refractivity contribution is -0.112. The summed E-state index contributed by atoms with van der Waals surface area (Å²) in [7, 11) is 1.64. The Kier molecular flexibility index (Phi) is 6.34. The van der Waals surface area contributed by atoms with Crippen molar-refractivity contribution in [3.05, 3.63) is 83.9 Å². The molecule has 0 fully saturated rings. The molecule has 5 nitrogen and oxygen atoms in total. The molecule has 1 heterocycles. The molecule has 0 spiro atoms. The molecule has 31 heavy (non-hydrogen) atoms. The molecule has 0 atom stereocenters. The summed E-state index contributed by atoms with van der Waals surface area (Å²) in [5.74, 6) is 1.25. The normalized spacial score (nSPS) is 14.1. The summed E-state index contributed by atoms with van der Waals surface area (Å²) in [5.41, 5.74) is 4.16. The molecule has 3 aromatic carbocycles. The second kappa shape index (κ2) is 9.49. The van der Waals surface area contributed by atoms with Crippen molar-refractivity contribution < 1.29 is 19.0 Å². The van der Waals surface area contributed by atoms with Gasteiger partial charge >= 0.3 is 0 Å². The van der Waals surface area contributed by atoms with E-state index in [4.69, 9.17) is 14.2 Å². The summed E-state index contributed by atoms with van der Waals surface area (Å²) in [6.07, 6.45) is 1.91. The molecule has 0 bridgehead atoms. The highest BCUT2D eigenvalue weighted by Gasteiger charge is 2.33. The number of carbonyl (C=O) groups excluding carboxylic acids is 1. The second-order valence-electron chi connectivity index (χ2n) is 7.03. The minimum Gasteiger partial charge on any atom is -0.490 e. The van der Waals surface area contributed by atoms with Crippen molar-refractivity contribution in [3.8, 4) is 11.5 Å². The monoisotopic (exact) mass is 415 g/mol. The number of nitrogens with zero attached hydrogens (tertiary/aromatic N) is 1. The number of fused-ring (bicyclic) bond motifs is 1. The summed E-state index contributed by atoms with van der Waals surface area (Å²) in [6.45, 7) is 3.38. The lowest BCUT2D eigenvalue weighted by Gasteiger charge is -2.16. The molecule has 0 aliphatic carbocycles. The van der Waals surface area contributed by atoms with Gasteiger partial charge in [-0.25, -0.2) is 0 Å². The third kappa shape index (κ3) is 4.32. The first-order chi connectivity index (χ1) is 15.2. The van der Waals surface area contributed by atoms with Crippen LogP contribution in [-0.4, -0.2) is 32.8 Å². The van der Waals surface area contributed by atoms with Crippen LogP contribution in [0.25, 0.3) is 11.6 Å². The van der Waals surface area contributed by atoms with E-state index >= 15 is 0 Å². The van der Waals surface area contributed by atoms with Gasteiger partial charge in [-0.05, 0) is 48.9 Å². The van der Waals surface area contributed by atoms with Crippen molar-refractivity contribution in [2.75, 3.05) is 31.8 Å². The number of methoxy groups -OCH3 is 1. The van der Waals surface area contributed by atoms with E-state index in [0.29, 0.717) is 36.9 Å². The van der Waals surface area contributed by atoms with Crippen LogP contribution in [0.1, 0.15) is 18.1 Å². The van der Waals surface area contributed by atoms with Crippen LogP contribution in [0, 0.1) is 0 Å². The van der Waals surface area contributed by atoms with Gasteiger partial charge in [0.15, 0.2) is 11.5 Å². The fraction of sp³-hybridized carbons (Fsp3) is 0.192. The van der Waals surface area contributed by atoms with E-state index in [1.54, 1.807) is 12.0 Å². The average Bonchev–Trinajstić information content (AvgIpc) is 3.07. The Morgan fingerprint density at radius 3 is 2.42 bits per heavy atom. The molecule has 0 aromatic heterocycles. The number of hydrogen-bond acceptors (Lipinski definition) is 4. The van der Waals surface area contributed by atoms with Gasteiger partial charge in [0.25, 0.3) is 5.91 Å². The molecular weight excluding hydrogens is 390 g/mol. The molecule has 158 valence electrons. The van der Waals surface area contributed by atoms with Gasteiger partial charge in [0.2, 0.25) is 0 Å². The van der Waals surface area contributed by atoms with Gasteiger partial charge in [0.1, 0.15) is 6.61 Å². The minimum atomic E-state index is -0.0502. The number of anilines is 2. The summed E-state index contributed by atoms with van der Waals surface area (Å²) >= 11 is 0. The Labute approximate surface area is 182 Å². The number of rotatable bonds is 8. The molecule has 0 saturated heterocycles. The van der Waals surface area contributed by atoms with Gasteiger partial charge in [0, 0.05) is 18.4 Å². The van der Waals surface area contributed by atoms with Crippen LogP contribution in [0.15, 0.2) is 72.8 Å². The van der Waals surface area contributed by atoms with Gasteiger partial charge in [-0.1, -0.05) is 42.5 Å². The van der Waals surface area contributed by atoms with Gasteiger partial charge in [-0.15, -0.1) is 0 Å². The zero-order chi connectivity index (χ0) is 21.6. The summed E-state index contributed by atoms with van der Waals surface area (Å²) < 4.78 is 16.6. The number of ether oxygens (including phenoxy) is 3. The Morgan fingerprint density at radius 2 is 1.65 bits per heavy atom. The summed E-state index contributed by atoms with van der Waals surface area (Å²) in [6, 6.07) is 23.2. The first kappa shape index (κ1) is 20.7. The maximum absolute atomic E-state index is 13.4. The van der Waals surface area contributed by atoms with E-state index in [-0.39, 0.29) is 5.91 Å². The van der Waals surface area contributed by atoms with Crippen molar-refractivity contribution in [2.24, 2.45) is 0 Å². The maximum Gasteiger partial charge on any atom is 0.263 e. The lowest BCUT2D eigenvalue weighted by atomic mass is 10.0. The molecule has 3 aromatic rings. The largest absolute Gasteiger partial charge is 0.490 e. The highest BCUT2D eigenvalue weighted by atomic mass is 16.5. The molecule has 5 heteroatoms. The van der Waals surface area contributed by atoms with E-state index < -0.39 is 0 Å². The highest BCUT2D eigenvalue weighted by Crippen LogP contribution is 2.42. The Bertz CT molecular complexity index is 1090. The van der Waals surface area contributed by atoms with Crippen LogP contribution in [0.5, 0.6) is 11.5 Å². The van der Waals surface area contributed by atoms with E-state index in [1.165, 1.54) is 0 Å². The number of carbonyl (C=O) groups is 1. The zero-order valence-electron chi connectivity index (χ0n) is 17.7. The first-order valence-electron chi connectivity index (χ1n) is 10.3. The Balaban J connectivity index is 1.71. The van der Waals surface area contributed by atoms with Crippen LogP contribution < -0.4 is 14.4 Å². The van der Waals surface area contributed by atoms with Gasteiger partial charge in [-0.2, -0.15) is 0 Å². The number of para-hydroxylation sites is 2. The fourth-order valence-electron chi connectivity index (χ4n) is 3.62. The van der Waals surface area contributed by atoms with Crippen LogP contribution in [0.4, 0.5) is 11.4 Å². The topological polar surface area (TPSA) is 48.0 Å². The van der Waals surface area contributed by atoms with Crippen LogP contribution in [0.3, 0.4) is 0 Å². The fourth-order valence-corrected chi connectivity index (χ4v) is 3.62. The SMILES string of the molecule is CCOc1cc(/C=C2/C(=O)N(c3ccccc3)c3ccccc32)ccc1OCCOC. The first-order valence-corrected chi connectivity index (χ1v) is 10.3. The second-order valence-corrected chi connectivity index (χ2v) is 7.03. The predicted octanol–water partition coefficient (Wildman–Crippen LogP) is 5.33. The average molecular weight is 415 g/mol. The minimum absolute atomic E-state index is 0.0502. The number of amides is 1. The molecule has 1 amide bonds. The zero-order valence-corrected chi connectivity index (χ0v) is 17.7. The van der Waals surface area contributed by atoms with Crippen LogP contribution in [-0.2, 0) is 9.53 Å². The van der Waals surface area contributed by atoms with Crippen molar-refractivity contribution in [3.63, 3.8) is 0 Å². The van der Waals surface area contributed by atoms with Gasteiger partial charge < -0.3 is 14.2 Å². The summed E-state index contributed by atoms with van der Waals surface area (Å²) in [4.78, 5) is 15.2. The number of benzene rings is 3. The van der Waals surface area contributed by atoms with E-state index in [0.717, 1.165) is 22.5 Å². The van der Waals surface area contributed by atoms with Crippen molar-refractivity contribution in [1.29, 1.82) is 0 Å². The maximum atomic E-state index is 13.4. The van der Waals surface area contributed by atoms with Crippen LogP contribution in [0.2, 0.25) is 0 Å². The smallest absolute Gasteiger partial charge is 0.263 e. The molecule has 4 rings (SSSR count). The van der Waals surface area contributed by atoms with Gasteiger partial charge in [0.05, 0.1) is 24.5 Å². The van der Waals surface area contributed by atoms with E-state index in [9.17, 15) is 4.79 Å². The molecule has 0 saturated carbocycles. The highest BCUT2D eigenvalue weighted by molar-refractivity contribution is 6.37. The molecule has 1 aliphatic rings. The van der Waals surface area contributed by atoms with Crippen molar-refractivity contribution in [2.45, 2.75) is 6.92 Å². The molecular formula is C26H25NO4. The molecule has 0 N–H and O–H groups in total. The quantitative estimate of drug-likeness (QED) is 0.369. The van der Waals surface area contributed by atoms with Crippen LogP contribution >= 0.6 is 0 Å². The summed E-state index contributed by atoms with van der Waals surface area (Å²) in [5, 5.41) is 0. The third-order valence-corrected chi connectivity index (χ3v) is 5.01. The number of hydrogen-bond donors (Lipinski definition) is 0. The van der Waals surface area contributed by atoms with Gasteiger partial charge in [-0.3, -0.25) is 9.69 Å². The Hall–Kier alpha value is -3.57. The molecule has 0 unspecified atom stereocenters. The lowest BCUT2D eigenvalue weighted by Crippen LogP contribution is -2.20. The molecule has 1 aliphatic heterocycles. The Morgan fingerprint density at radius 1 is 0.871 bits per heavy atom. The molecule has 0 radical (unpaired) electrons.